The third kappa shape index (κ3) is 3.42. The van der Waals surface area contributed by atoms with Crippen LogP contribution in [0.2, 0.25) is 4.34 Å². The SMILES string of the molecule is CNc1cnc(C(=O)N(C)Cc2ccc(Cl)s2)cn1. The highest BCUT2D eigenvalue weighted by Crippen LogP contribution is 2.22. The fraction of sp³-hybridized carbons (Fsp3) is 0.250. The lowest BCUT2D eigenvalue weighted by Crippen LogP contribution is -2.26. The average Bonchev–Trinajstić information content (AvgIpc) is 2.83. The first kappa shape index (κ1) is 13.8. The van der Waals surface area contributed by atoms with Crippen LogP contribution < -0.4 is 5.32 Å². The number of halogens is 1. The van der Waals surface area contributed by atoms with Crippen molar-refractivity contribution in [2.75, 3.05) is 19.4 Å². The Balaban J connectivity index is 2.05. The number of hydrogen-bond acceptors (Lipinski definition) is 5. The first-order chi connectivity index (χ1) is 9.10. The summed E-state index contributed by atoms with van der Waals surface area (Å²) in [6, 6.07) is 3.73. The summed E-state index contributed by atoms with van der Waals surface area (Å²) in [6.07, 6.45) is 3.00. The van der Waals surface area contributed by atoms with Crippen molar-refractivity contribution in [3.05, 3.63) is 39.4 Å². The smallest absolute Gasteiger partial charge is 0.274 e. The average molecular weight is 297 g/mol. The van der Waals surface area contributed by atoms with E-state index in [0.717, 1.165) is 4.88 Å². The first-order valence-corrected chi connectivity index (χ1v) is 6.79. The van der Waals surface area contributed by atoms with Crippen LogP contribution in [0.3, 0.4) is 0 Å². The molecule has 0 aliphatic carbocycles. The van der Waals surface area contributed by atoms with E-state index in [1.165, 1.54) is 23.7 Å². The molecule has 1 N–H and O–H groups in total. The minimum Gasteiger partial charge on any atom is -0.372 e. The highest BCUT2D eigenvalue weighted by Gasteiger charge is 2.14. The van der Waals surface area contributed by atoms with E-state index in [4.69, 9.17) is 11.6 Å². The summed E-state index contributed by atoms with van der Waals surface area (Å²) in [4.78, 5) is 22.9. The second-order valence-electron chi connectivity index (χ2n) is 3.90. The van der Waals surface area contributed by atoms with E-state index in [0.29, 0.717) is 22.4 Å². The zero-order valence-electron chi connectivity index (χ0n) is 10.6. The molecule has 2 rings (SSSR count). The Morgan fingerprint density at radius 1 is 1.42 bits per heavy atom. The molecule has 0 aliphatic rings. The quantitative estimate of drug-likeness (QED) is 0.942. The predicted octanol–water partition coefficient (Wildman–Crippen LogP) is 2.51. The molecule has 0 spiro atoms. The van der Waals surface area contributed by atoms with Crippen molar-refractivity contribution >= 4 is 34.7 Å². The zero-order valence-corrected chi connectivity index (χ0v) is 12.1. The lowest BCUT2D eigenvalue weighted by molar-refractivity contribution is 0.0780. The number of nitrogens with one attached hydrogen (secondary N) is 1. The number of amides is 1. The van der Waals surface area contributed by atoms with Gasteiger partial charge in [-0.05, 0) is 12.1 Å². The van der Waals surface area contributed by atoms with Crippen molar-refractivity contribution in [2.24, 2.45) is 0 Å². The number of aromatic nitrogens is 2. The van der Waals surface area contributed by atoms with Gasteiger partial charge in [0.05, 0.1) is 23.3 Å². The summed E-state index contributed by atoms with van der Waals surface area (Å²) >= 11 is 7.32. The van der Waals surface area contributed by atoms with E-state index in [1.807, 2.05) is 12.1 Å². The molecule has 2 heterocycles. The number of anilines is 1. The molecular formula is C12H13ClN4OS. The monoisotopic (exact) mass is 296 g/mol. The number of carbonyl (C=O) groups excluding carboxylic acids is 1. The van der Waals surface area contributed by atoms with Crippen LogP contribution in [0.15, 0.2) is 24.5 Å². The van der Waals surface area contributed by atoms with Gasteiger partial charge in [0.25, 0.3) is 5.91 Å². The number of hydrogen-bond donors (Lipinski definition) is 1. The normalized spacial score (nSPS) is 10.3. The van der Waals surface area contributed by atoms with Gasteiger partial charge < -0.3 is 10.2 Å². The van der Waals surface area contributed by atoms with E-state index >= 15 is 0 Å². The van der Waals surface area contributed by atoms with Gasteiger partial charge in [-0.2, -0.15) is 0 Å². The lowest BCUT2D eigenvalue weighted by atomic mass is 10.3. The Kier molecular flexibility index (Phi) is 4.34. The molecule has 0 atom stereocenters. The largest absolute Gasteiger partial charge is 0.372 e. The standard InChI is InChI=1S/C12H13ClN4OS/c1-14-11-6-15-9(5-16-11)12(18)17(2)7-8-3-4-10(13)19-8/h3-6H,7H2,1-2H3,(H,14,16). The van der Waals surface area contributed by atoms with Gasteiger partial charge in [0.1, 0.15) is 11.5 Å². The summed E-state index contributed by atoms with van der Waals surface area (Å²) in [6.45, 7) is 0.506. The van der Waals surface area contributed by atoms with Crippen LogP contribution in [0, 0.1) is 0 Å². The van der Waals surface area contributed by atoms with Gasteiger partial charge in [-0.15, -0.1) is 11.3 Å². The maximum atomic E-state index is 12.1. The summed E-state index contributed by atoms with van der Waals surface area (Å²) < 4.78 is 0.717. The summed E-state index contributed by atoms with van der Waals surface area (Å²) in [5, 5.41) is 2.85. The molecule has 0 saturated carbocycles. The van der Waals surface area contributed by atoms with Gasteiger partial charge in [-0.25, -0.2) is 9.97 Å². The van der Waals surface area contributed by atoms with Gasteiger partial charge >= 0.3 is 0 Å². The molecule has 2 aromatic heterocycles. The van der Waals surface area contributed by atoms with Gasteiger partial charge in [0.2, 0.25) is 0 Å². The van der Waals surface area contributed by atoms with Crippen molar-refractivity contribution in [2.45, 2.75) is 6.54 Å². The highest BCUT2D eigenvalue weighted by molar-refractivity contribution is 7.16. The predicted molar refractivity (Wildman–Crippen MR) is 76.7 cm³/mol. The minimum atomic E-state index is -0.167. The van der Waals surface area contributed by atoms with Crippen molar-refractivity contribution in [1.82, 2.24) is 14.9 Å². The van der Waals surface area contributed by atoms with Crippen LogP contribution in [0.1, 0.15) is 15.4 Å². The second-order valence-corrected chi connectivity index (χ2v) is 5.70. The van der Waals surface area contributed by atoms with Crippen LogP contribution in [0.25, 0.3) is 0 Å². The Hall–Kier alpha value is -1.66. The Bertz CT molecular complexity index is 569. The van der Waals surface area contributed by atoms with E-state index < -0.39 is 0 Å². The minimum absolute atomic E-state index is 0.167. The first-order valence-electron chi connectivity index (χ1n) is 5.59. The molecule has 0 bridgehead atoms. The van der Waals surface area contributed by atoms with Crippen molar-refractivity contribution in [1.29, 1.82) is 0 Å². The molecule has 5 nitrogen and oxygen atoms in total. The fourth-order valence-electron chi connectivity index (χ4n) is 1.51. The zero-order chi connectivity index (χ0) is 13.8. The molecule has 1 amide bonds. The number of carbonyl (C=O) groups is 1. The molecule has 0 aromatic carbocycles. The lowest BCUT2D eigenvalue weighted by Gasteiger charge is -2.15. The molecule has 0 unspecified atom stereocenters. The number of nitrogens with zero attached hydrogens (tertiary/aromatic N) is 3. The molecule has 7 heteroatoms. The third-order valence-corrected chi connectivity index (χ3v) is 3.71. The van der Waals surface area contributed by atoms with Crippen LogP contribution in [0.5, 0.6) is 0 Å². The highest BCUT2D eigenvalue weighted by atomic mass is 35.5. The van der Waals surface area contributed by atoms with Crippen molar-refractivity contribution in [3.63, 3.8) is 0 Å². The van der Waals surface area contributed by atoms with Crippen LogP contribution in [-0.2, 0) is 6.54 Å². The van der Waals surface area contributed by atoms with Crippen molar-refractivity contribution in [3.8, 4) is 0 Å². The molecule has 0 saturated heterocycles. The third-order valence-electron chi connectivity index (χ3n) is 2.50. The van der Waals surface area contributed by atoms with Gasteiger partial charge in [0.15, 0.2) is 0 Å². The summed E-state index contributed by atoms with van der Waals surface area (Å²) in [7, 11) is 3.47. The fourth-order valence-corrected chi connectivity index (χ4v) is 2.65. The van der Waals surface area contributed by atoms with E-state index in [-0.39, 0.29) is 5.91 Å². The summed E-state index contributed by atoms with van der Waals surface area (Å²) in [5.74, 6) is 0.462. The Labute approximate surface area is 120 Å². The van der Waals surface area contributed by atoms with E-state index in [2.05, 4.69) is 15.3 Å². The Morgan fingerprint density at radius 2 is 2.21 bits per heavy atom. The molecule has 19 heavy (non-hydrogen) atoms. The molecule has 0 fully saturated rings. The van der Waals surface area contributed by atoms with Gasteiger partial charge in [-0.3, -0.25) is 4.79 Å². The molecule has 100 valence electrons. The maximum Gasteiger partial charge on any atom is 0.274 e. The Morgan fingerprint density at radius 3 is 2.74 bits per heavy atom. The van der Waals surface area contributed by atoms with E-state index in [9.17, 15) is 4.79 Å². The van der Waals surface area contributed by atoms with Crippen LogP contribution in [-0.4, -0.2) is 34.9 Å². The molecule has 2 aromatic rings. The topological polar surface area (TPSA) is 58.1 Å². The molecule has 0 radical (unpaired) electrons. The molecular weight excluding hydrogens is 284 g/mol. The van der Waals surface area contributed by atoms with Crippen molar-refractivity contribution < 1.29 is 4.79 Å². The number of rotatable bonds is 4. The number of thiophene rings is 1. The van der Waals surface area contributed by atoms with Gasteiger partial charge in [0, 0.05) is 19.0 Å². The van der Waals surface area contributed by atoms with Crippen LogP contribution in [0.4, 0.5) is 5.82 Å². The van der Waals surface area contributed by atoms with E-state index in [1.54, 1.807) is 19.0 Å². The summed E-state index contributed by atoms with van der Waals surface area (Å²) in [5.41, 5.74) is 0.323. The maximum absolute atomic E-state index is 12.1. The molecule has 0 aliphatic heterocycles. The van der Waals surface area contributed by atoms with Crippen LogP contribution >= 0.6 is 22.9 Å². The second kappa shape index (κ2) is 5.99. The van der Waals surface area contributed by atoms with Gasteiger partial charge in [-0.1, -0.05) is 11.6 Å².